The molecule has 0 aliphatic rings. The molecule has 0 aromatic heterocycles. The number of anilines is 1. The highest BCUT2D eigenvalue weighted by atomic mass is 79.9. The first kappa shape index (κ1) is 15.5. The van der Waals surface area contributed by atoms with Gasteiger partial charge in [0, 0.05) is 4.47 Å². The van der Waals surface area contributed by atoms with Gasteiger partial charge in [0.25, 0.3) is 5.91 Å². The smallest absolute Gasteiger partial charge is 0.256 e. The van der Waals surface area contributed by atoms with E-state index >= 15 is 0 Å². The normalized spacial score (nSPS) is 10.2. The molecule has 0 radical (unpaired) electrons. The van der Waals surface area contributed by atoms with E-state index in [0.29, 0.717) is 28.1 Å². The van der Waals surface area contributed by atoms with Crippen molar-refractivity contribution in [3.05, 3.63) is 58.3 Å². The fourth-order valence-electron chi connectivity index (χ4n) is 1.77. The molecule has 21 heavy (non-hydrogen) atoms. The molecule has 2 aromatic rings. The fraction of sp³-hybridized carbons (Fsp3) is 0.188. The molecule has 0 spiro atoms. The van der Waals surface area contributed by atoms with Crippen LogP contribution in [0.3, 0.4) is 0 Å². The van der Waals surface area contributed by atoms with Crippen LogP contribution in [0.5, 0.6) is 5.75 Å². The lowest BCUT2D eigenvalue weighted by atomic mass is 10.2. The van der Waals surface area contributed by atoms with E-state index < -0.39 is 5.82 Å². The first-order valence-electron chi connectivity index (χ1n) is 6.60. The van der Waals surface area contributed by atoms with E-state index in [4.69, 9.17) is 4.74 Å². The Morgan fingerprint density at radius 2 is 2.05 bits per heavy atom. The highest BCUT2D eigenvalue weighted by Gasteiger charge is 2.13. The lowest BCUT2D eigenvalue weighted by molar-refractivity contribution is 0.102. The number of carbonyl (C=O) groups is 1. The van der Waals surface area contributed by atoms with E-state index in [9.17, 15) is 9.18 Å². The van der Waals surface area contributed by atoms with Crippen LogP contribution in [-0.4, -0.2) is 12.5 Å². The molecule has 0 aliphatic heterocycles. The van der Waals surface area contributed by atoms with Crippen LogP contribution >= 0.6 is 15.9 Å². The standard InChI is InChI=1S/C16H15BrFNO2/c1-2-9-21-15-6-4-3-5-14(15)19-16(20)12-8-7-11(18)10-13(12)17/h3-8,10H,2,9H2,1H3,(H,19,20). The fourth-order valence-corrected chi connectivity index (χ4v) is 2.30. The number of nitrogens with one attached hydrogen (secondary N) is 1. The van der Waals surface area contributed by atoms with Crippen LogP contribution in [0.25, 0.3) is 0 Å². The minimum absolute atomic E-state index is 0.325. The van der Waals surface area contributed by atoms with Gasteiger partial charge in [-0.3, -0.25) is 4.79 Å². The maximum absolute atomic E-state index is 13.1. The number of benzene rings is 2. The Morgan fingerprint density at radius 1 is 1.29 bits per heavy atom. The quantitative estimate of drug-likeness (QED) is 0.852. The summed E-state index contributed by atoms with van der Waals surface area (Å²) < 4.78 is 19.1. The summed E-state index contributed by atoms with van der Waals surface area (Å²) in [6.07, 6.45) is 0.881. The number of amides is 1. The lowest BCUT2D eigenvalue weighted by Crippen LogP contribution is -2.13. The highest BCUT2D eigenvalue weighted by molar-refractivity contribution is 9.10. The number of hydrogen-bond donors (Lipinski definition) is 1. The van der Waals surface area contributed by atoms with Crippen molar-refractivity contribution in [2.24, 2.45) is 0 Å². The van der Waals surface area contributed by atoms with Crippen LogP contribution in [0.4, 0.5) is 10.1 Å². The first-order chi connectivity index (χ1) is 10.1. The largest absolute Gasteiger partial charge is 0.491 e. The highest BCUT2D eigenvalue weighted by Crippen LogP contribution is 2.26. The Kier molecular flexibility index (Phi) is 5.33. The molecule has 2 rings (SSSR count). The Morgan fingerprint density at radius 3 is 2.76 bits per heavy atom. The van der Waals surface area contributed by atoms with E-state index in [-0.39, 0.29) is 5.91 Å². The number of ether oxygens (including phenoxy) is 1. The van der Waals surface area contributed by atoms with E-state index in [1.807, 2.05) is 19.1 Å². The number of hydrogen-bond acceptors (Lipinski definition) is 2. The summed E-state index contributed by atoms with van der Waals surface area (Å²) in [7, 11) is 0. The first-order valence-corrected chi connectivity index (χ1v) is 7.39. The summed E-state index contributed by atoms with van der Waals surface area (Å²) in [5, 5.41) is 2.78. The van der Waals surface area contributed by atoms with Crippen molar-refractivity contribution in [1.29, 1.82) is 0 Å². The minimum Gasteiger partial charge on any atom is -0.491 e. The summed E-state index contributed by atoms with van der Waals surface area (Å²) in [4.78, 5) is 12.3. The number of rotatable bonds is 5. The monoisotopic (exact) mass is 351 g/mol. The second-order valence-corrected chi connectivity index (χ2v) is 5.28. The molecular formula is C16H15BrFNO2. The predicted octanol–water partition coefficient (Wildman–Crippen LogP) is 4.63. The number of carbonyl (C=O) groups excluding carboxylic acids is 1. The average Bonchev–Trinajstić information content (AvgIpc) is 2.46. The van der Waals surface area contributed by atoms with Crippen LogP contribution in [0.1, 0.15) is 23.7 Å². The van der Waals surface area contributed by atoms with E-state index in [0.717, 1.165) is 6.42 Å². The SMILES string of the molecule is CCCOc1ccccc1NC(=O)c1ccc(F)cc1Br. The number of para-hydroxylation sites is 2. The summed E-state index contributed by atoms with van der Waals surface area (Å²) in [5.74, 6) is -0.106. The van der Waals surface area contributed by atoms with Crippen molar-refractivity contribution < 1.29 is 13.9 Å². The third-order valence-corrected chi connectivity index (χ3v) is 3.43. The molecule has 3 nitrogen and oxygen atoms in total. The molecule has 1 amide bonds. The van der Waals surface area contributed by atoms with Gasteiger partial charge in [-0.2, -0.15) is 0 Å². The Balaban J connectivity index is 2.19. The molecule has 0 bridgehead atoms. The van der Waals surface area contributed by atoms with Gasteiger partial charge in [-0.1, -0.05) is 19.1 Å². The van der Waals surface area contributed by atoms with Crippen molar-refractivity contribution in [2.75, 3.05) is 11.9 Å². The summed E-state index contributed by atoms with van der Waals surface area (Å²) in [6, 6.07) is 11.2. The van der Waals surface area contributed by atoms with Gasteiger partial charge in [0.2, 0.25) is 0 Å². The second kappa shape index (κ2) is 7.22. The van der Waals surface area contributed by atoms with Crippen molar-refractivity contribution in [3.8, 4) is 5.75 Å². The maximum Gasteiger partial charge on any atom is 0.256 e. The molecule has 5 heteroatoms. The Hall–Kier alpha value is -1.88. The zero-order valence-corrected chi connectivity index (χ0v) is 13.1. The van der Waals surface area contributed by atoms with Crippen LogP contribution in [0, 0.1) is 5.82 Å². The van der Waals surface area contributed by atoms with Gasteiger partial charge in [-0.05, 0) is 52.7 Å². The van der Waals surface area contributed by atoms with Gasteiger partial charge in [0.05, 0.1) is 17.9 Å². The molecule has 0 aliphatic carbocycles. The summed E-state index contributed by atoms with van der Waals surface area (Å²) in [5.41, 5.74) is 0.953. The van der Waals surface area contributed by atoms with E-state index in [2.05, 4.69) is 21.2 Å². The van der Waals surface area contributed by atoms with Crippen LogP contribution < -0.4 is 10.1 Å². The molecular weight excluding hydrogens is 337 g/mol. The predicted molar refractivity (Wildman–Crippen MR) is 84.3 cm³/mol. The van der Waals surface area contributed by atoms with Gasteiger partial charge >= 0.3 is 0 Å². The molecule has 0 saturated heterocycles. The van der Waals surface area contributed by atoms with Gasteiger partial charge in [-0.25, -0.2) is 4.39 Å². The maximum atomic E-state index is 13.1. The zero-order chi connectivity index (χ0) is 15.2. The van der Waals surface area contributed by atoms with E-state index in [1.165, 1.54) is 18.2 Å². The van der Waals surface area contributed by atoms with Crippen molar-refractivity contribution in [3.63, 3.8) is 0 Å². The molecule has 110 valence electrons. The van der Waals surface area contributed by atoms with Crippen molar-refractivity contribution in [2.45, 2.75) is 13.3 Å². The Bertz CT molecular complexity index is 646. The molecule has 2 aromatic carbocycles. The van der Waals surface area contributed by atoms with E-state index in [1.54, 1.807) is 12.1 Å². The third-order valence-electron chi connectivity index (χ3n) is 2.77. The van der Waals surface area contributed by atoms with Crippen molar-refractivity contribution >= 4 is 27.5 Å². The van der Waals surface area contributed by atoms with Gasteiger partial charge in [0.1, 0.15) is 11.6 Å². The van der Waals surface area contributed by atoms with Crippen LogP contribution in [0.2, 0.25) is 0 Å². The number of halogens is 2. The molecule has 0 saturated carbocycles. The summed E-state index contributed by atoms with van der Waals surface area (Å²) >= 11 is 3.19. The zero-order valence-electron chi connectivity index (χ0n) is 11.5. The summed E-state index contributed by atoms with van der Waals surface area (Å²) in [6.45, 7) is 2.59. The molecule has 0 unspecified atom stereocenters. The van der Waals surface area contributed by atoms with Gasteiger partial charge < -0.3 is 10.1 Å². The third kappa shape index (κ3) is 4.04. The van der Waals surface area contributed by atoms with Crippen molar-refractivity contribution in [1.82, 2.24) is 0 Å². The van der Waals surface area contributed by atoms with Crippen LogP contribution in [-0.2, 0) is 0 Å². The van der Waals surface area contributed by atoms with Crippen LogP contribution in [0.15, 0.2) is 46.9 Å². The molecule has 0 heterocycles. The van der Waals surface area contributed by atoms with Gasteiger partial charge in [0.15, 0.2) is 0 Å². The lowest BCUT2D eigenvalue weighted by Gasteiger charge is -2.12. The molecule has 0 atom stereocenters. The molecule has 1 N–H and O–H groups in total. The average molecular weight is 352 g/mol. The second-order valence-electron chi connectivity index (χ2n) is 4.42. The Labute approximate surface area is 131 Å². The topological polar surface area (TPSA) is 38.3 Å². The minimum atomic E-state index is -0.398. The van der Waals surface area contributed by atoms with Gasteiger partial charge in [-0.15, -0.1) is 0 Å². The molecule has 0 fully saturated rings.